The molecular weight excluding hydrogens is 423 g/mol. The fraction of sp³-hybridized carbons (Fsp3) is 0.231. The number of benzene rings is 3. The van der Waals surface area contributed by atoms with Crippen LogP contribution in [0.15, 0.2) is 78.9 Å². The molecular formula is C26H23FN2O4. The molecule has 2 amide bonds. The van der Waals surface area contributed by atoms with Gasteiger partial charge >= 0.3 is 0 Å². The minimum atomic E-state index is -0.998. The molecule has 0 radical (unpaired) electrons. The maximum atomic E-state index is 14.1. The topological polar surface area (TPSA) is 59.1 Å². The highest BCUT2D eigenvalue weighted by atomic mass is 19.1. The highest BCUT2D eigenvalue weighted by molar-refractivity contribution is 6.23. The molecule has 2 fully saturated rings. The average Bonchev–Trinajstić information content (AvgIpc) is 3.35. The first-order valence-corrected chi connectivity index (χ1v) is 11.0. The molecule has 2 saturated heterocycles. The lowest BCUT2D eigenvalue weighted by Gasteiger charge is -2.28. The van der Waals surface area contributed by atoms with Gasteiger partial charge < -0.3 is 4.74 Å². The normalized spacial score (nSPS) is 22.1. The summed E-state index contributed by atoms with van der Waals surface area (Å²) in [6, 6.07) is 21.5. The third-order valence-corrected chi connectivity index (χ3v) is 5.88. The van der Waals surface area contributed by atoms with E-state index < -0.39 is 29.8 Å². The maximum Gasteiger partial charge on any atom is 0.266 e. The largest absolute Gasteiger partial charge is 0.494 e. The fourth-order valence-electron chi connectivity index (χ4n) is 4.41. The number of carbonyl (C=O) groups excluding carboxylic acids is 2. The van der Waals surface area contributed by atoms with Gasteiger partial charge in [0.15, 0.2) is 6.10 Å². The number of amides is 2. The summed E-state index contributed by atoms with van der Waals surface area (Å²) in [6.07, 6.45) is -0.118. The third-order valence-electron chi connectivity index (χ3n) is 5.88. The van der Waals surface area contributed by atoms with Gasteiger partial charge in [0.05, 0.1) is 24.0 Å². The van der Waals surface area contributed by atoms with E-state index >= 15 is 0 Å². The molecule has 0 aliphatic carbocycles. The fourth-order valence-corrected chi connectivity index (χ4v) is 4.41. The standard InChI is InChI=1S/C26H23FN2O4/c1-2-15-32-21-13-11-19(12-14-21)28-25(30)22-23(17-7-6-8-18(27)16-17)29(33-24(22)26(28)31)20-9-4-3-5-10-20/h3-14,16,22-24H,2,15H2,1H3/t22-,23-,24+/m0/s1. The third kappa shape index (κ3) is 3.74. The molecule has 7 heteroatoms. The first-order chi connectivity index (χ1) is 16.1. The molecule has 2 heterocycles. The zero-order valence-electron chi connectivity index (χ0n) is 18.1. The Bertz CT molecular complexity index is 1170. The van der Waals surface area contributed by atoms with Gasteiger partial charge in [-0.1, -0.05) is 37.3 Å². The van der Waals surface area contributed by atoms with Crippen LogP contribution >= 0.6 is 0 Å². The van der Waals surface area contributed by atoms with E-state index in [0.29, 0.717) is 29.3 Å². The van der Waals surface area contributed by atoms with Gasteiger partial charge in [-0.3, -0.25) is 14.4 Å². The number of hydroxylamine groups is 1. The van der Waals surface area contributed by atoms with Crippen molar-refractivity contribution in [3.63, 3.8) is 0 Å². The molecule has 168 valence electrons. The summed E-state index contributed by atoms with van der Waals surface area (Å²) < 4.78 is 19.7. The number of fused-ring (bicyclic) bond motifs is 1. The van der Waals surface area contributed by atoms with Gasteiger partial charge in [-0.25, -0.2) is 14.4 Å². The van der Waals surface area contributed by atoms with E-state index in [2.05, 4.69) is 0 Å². The van der Waals surface area contributed by atoms with Crippen LogP contribution < -0.4 is 14.7 Å². The molecule has 0 saturated carbocycles. The minimum absolute atomic E-state index is 0.375. The summed E-state index contributed by atoms with van der Waals surface area (Å²) >= 11 is 0. The van der Waals surface area contributed by atoms with Gasteiger partial charge in [0, 0.05) is 0 Å². The lowest BCUT2D eigenvalue weighted by molar-refractivity contribution is -0.126. The Labute approximate surface area is 191 Å². The Balaban J connectivity index is 1.50. The Morgan fingerprint density at radius 1 is 0.909 bits per heavy atom. The first-order valence-electron chi connectivity index (χ1n) is 11.0. The number of ether oxygens (including phenoxy) is 1. The number of imide groups is 1. The second kappa shape index (κ2) is 8.67. The molecule has 0 spiro atoms. The van der Waals surface area contributed by atoms with Crippen LogP contribution in [0, 0.1) is 11.7 Å². The van der Waals surface area contributed by atoms with E-state index in [-0.39, 0.29) is 5.91 Å². The zero-order valence-corrected chi connectivity index (χ0v) is 18.1. The average molecular weight is 446 g/mol. The lowest BCUT2D eigenvalue weighted by atomic mass is 9.90. The molecule has 2 aliphatic heterocycles. The van der Waals surface area contributed by atoms with Crippen LogP contribution in [0.2, 0.25) is 0 Å². The van der Waals surface area contributed by atoms with Crippen molar-refractivity contribution in [2.24, 2.45) is 5.92 Å². The molecule has 5 rings (SSSR count). The van der Waals surface area contributed by atoms with Crippen molar-refractivity contribution in [2.45, 2.75) is 25.5 Å². The number of nitrogens with zero attached hydrogens (tertiary/aromatic N) is 2. The predicted molar refractivity (Wildman–Crippen MR) is 121 cm³/mol. The van der Waals surface area contributed by atoms with E-state index in [1.54, 1.807) is 41.5 Å². The smallest absolute Gasteiger partial charge is 0.266 e. The number of carbonyl (C=O) groups is 2. The highest BCUT2D eigenvalue weighted by Crippen LogP contribution is 2.47. The Morgan fingerprint density at radius 3 is 2.36 bits per heavy atom. The molecule has 33 heavy (non-hydrogen) atoms. The maximum absolute atomic E-state index is 14.1. The van der Waals surface area contributed by atoms with Gasteiger partial charge in [-0.05, 0) is 60.5 Å². The molecule has 0 bridgehead atoms. The molecule has 6 nitrogen and oxygen atoms in total. The van der Waals surface area contributed by atoms with Crippen molar-refractivity contribution in [2.75, 3.05) is 16.6 Å². The SMILES string of the molecule is CCCOc1ccc(N2C(=O)[C@@H]3[C@@H](ON(c4ccccc4)[C@H]3c3cccc(F)c3)C2=O)cc1. The summed E-state index contributed by atoms with van der Waals surface area (Å²) in [5.74, 6) is -1.37. The van der Waals surface area contributed by atoms with Gasteiger partial charge in [-0.2, -0.15) is 0 Å². The highest BCUT2D eigenvalue weighted by Gasteiger charge is 2.60. The Kier molecular flexibility index (Phi) is 5.56. The molecule has 2 aliphatic rings. The van der Waals surface area contributed by atoms with Crippen molar-refractivity contribution < 1.29 is 23.6 Å². The van der Waals surface area contributed by atoms with Crippen molar-refractivity contribution >= 4 is 23.2 Å². The van der Waals surface area contributed by atoms with E-state index in [1.807, 2.05) is 37.3 Å². The second-order valence-electron chi connectivity index (χ2n) is 8.07. The van der Waals surface area contributed by atoms with Crippen LogP contribution in [0.1, 0.15) is 24.9 Å². The number of anilines is 2. The number of rotatable bonds is 6. The van der Waals surface area contributed by atoms with Crippen LogP contribution in [0.5, 0.6) is 5.75 Å². The summed E-state index contributed by atoms with van der Waals surface area (Å²) in [5.41, 5.74) is 1.71. The van der Waals surface area contributed by atoms with Crippen molar-refractivity contribution in [3.8, 4) is 5.75 Å². The molecule has 3 atom stereocenters. The van der Waals surface area contributed by atoms with Gasteiger partial charge in [0.2, 0.25) is 5.91 Å². The summed E-state index contributed by atoms with van der Waals surface area (Å²) in [4.78, 5) is 34.1. The number of hydrogen-bond donors (Lipinski definition) is 0. The van der Waals surface area contributed by atoms with Gasteiger partial charge in [0.1, 0.15) is 17.5 Å². The monoisotopic (exact) mass is 446 g/mol. The summed E-state index contributed by atoms with van der Waals surface area (Å²) in [5, 5.41) is 1.55. The molecule has 0 unspecified atom stereocenters. The predicted octanol–water partition coefficient (Wildman–Crippen LogP) is 4.67. The Morgan fingerprint density at radius 2 is 1.67 bits per heavy atom. The molecule has 0 aromatic heterocycles. The lowest BCUT2D eigenvalue weighted by Crippen LogP contribution is -2.37. The van der Waals surface area contributed by atoms with Crippen molar-refractivity contribution in [3.05, 3.63) is 90.2 Å². The van der Waals surface area contributed by atoms with Crippen LogP contribution in [0.3, 0.4) is 0 Å². The number of para-hydroxylation sites is 1. The molecule has 3 aromatic rings. The van der Waals surface area contributed by atoms with Crippen LogP contribution in [0.4, 0.5) is 15.8 Å². The van der Waals surface area contributed by atoms with E-state index in [9.17, 15) is 14.0 Å². The number of halogens is 1. The van der Waals surface area contributed by atoms with Crippen LogP contribution in [0.25, 0.3) is 0 Å². The minimum Gasteiger partial charge on any atom is -0.494 e. The quantitative estimate of drug-likeness (QED) is 0.515. The van der Waals surface area contributed by atoms with Crippen LogP contribution in [-0.4, -0.2) is 24.5 Å². The van der Waals surface area contributed by atoms with E-state index in [4.69, 9.17) is 9.57 Å². The molecule has 3 aromatic carbocycles. The number of hydrogen-bond acceptors (Lipinski definition) is 5. The van der Waals surface area contributed by atoms with Crippen molar-refractivity contribution in [1.82, 2.24) is 0 Å². The second-order valence-corrected chi connectivity index (χ2v) is 8.07. The zero-order chi connectivity index (χ0) is 22.9. The van der Waals surface area contributed by atoms with Gasteiger partial charge in [-0.15, -0.1) is 0 Å². The van der Waals surface area contributed by atoms with E-state index in [0.717, 1.165) is 11.3 Å². The van der Waals surface area contributed by atoms with Gasteiger partial charge in [0.25, 0.3) is 5.91 Å². The summed E-state index contributed by atoms with van der Waals surface area (Å²) in [7, 11) is 0. The first kappa shape index (κ1) is 21.2. The van der Waals surface area contributed by atoms with E-state index in [1.165, 1.54) is 12.1 Å². The summed E-state index contributed by atoms with van der Waals surface area (Å²) in [6.45, 7) is 2.60. The van der Waals surface area contributed by atoms with Crippen LogP contribution in [-0.2, 0) is 14.4 Å². The van der Waals surface area contributed by atoms with Crippen molar-refractivity contribution in [1.29, 1.82) is 0 Å². The Hall–Kier alpha value is -3.71. The molecule has 0 N–H and O–H groups in total.